The van der Waals surface area contributed by atoms with Crippen LogP contribution in [-0.2, 0) is 0 Å². The Labute approximate surface area is 143 Å². The largest absolute Gasteiger partial charge is 0.348 e. The SMILES string of the molecule is C=CN(CCC(C)C(C)C1CCCC1)c1c(C)cc(C)cc1C. The highest BCUT2D eigenvalue weighted by molar-refractivity contribution is 5.61. The summed E-state index contributed by atoms with van der Waals surface area (Å²) in [7, 11) is 0. The van der Waals surface area contributed by atoms with Gasteiger partial charge in [-0.3, -0.25) is 0 Å². The Morgan fingerprint density at radius 2 is 1.70 bits per heavy atom. The minimum Gasteiger partial charge on any atom is -0.348 e. The van der Waals surface area contributed by atoms with Gasteiger partial charge in [0.1, 0.15) is 0 Å². The van der Waals surface area contributed by atoms with Gasteiger partial charge in [-0.25, -0.2) is 0 Å². The lowest BCUT2D eigenvalue weighted by atomic mass is 9.81. The van der Waals surface area contributed by atoms with Crippen LogP contribution in [0.25, 0.3) is 0 Å². The van der Waals surface area contributed by atoms with Gasteiger partial charge in [-0.2, -0.15) is 0 Å². The molecule has 1 nitrogen and oxygen atoms in total. The molecule has 0 saturated heterocycles. The third-order valence-corrected chi connectivity index (χ3v) is 6.01. The molecule has 0 spiro atoms. The first-order chi connectivity index (χ1) is 10.9. The lowest BCUT2D eigenvalue weighted by Gasteiger charge is -2.30. The van der Waals surface area contributed by atoms with Crippen molar-refractivity contribution in [2.75, 3.05) is 11.4 Å². The zero-order valence-corrected chi connectivity index (χ0v) is 15.9. The molecular weight excluding hydrogens is 278 g/mol. The van der Waals surface area contributed by atoms with E-state index in [0.717, 1.165) is 24.3 Å². The molecule has 0 bridgehead atoms. The number of hydrogen-bond acceptors (Lipinski definition) is 1. The second-order valence-corrected chi connectivity index (χ2v) is 7.79. The third kappa shape index (κ3) is 4.40. The average Bonchev–Trinajstić information content (AvgIpc) is 3.02. The standard InChI is InChI=1S/C22H35N/c1-7-23(22-18(4)14-16(2)15-19(22)5)13-12-17(3)20(6)21-10-8-9-11-21/h7,14-15,17,20-21H,1,8-13H2,2-6H3. The Morgan fingerprint density at radius 3 is 2.22 bits per heavy atom. The van der Waals surface area contributed by atoms with Crippen molar-refractivity contribution in [3.8, 4) is 0 Å². The number of benzene rings is 1. The van der Waals surface area contributed by atoms with Gasteiger partial charge in [0.2, 0.25) is 0 Å². The summed E-state index contributed by atoms with van der Waals surface area (Å²) in [5.41, 5.74) is 5.42. The van der Waals surface area contributed by atoms with Crippen molar-refractivity contribution in [1.29, 1.82) is 0 Å². The van der Waals surface area contributed by atoms with Gasteiger partial charge in [0.05, 0.1) is 0 Å². The van der Waals surface area contributed by atoms with Crippen LogP contribution in [0.3, 0.4) is 0 Å². The first-order valence-corrected chi connectivity index (χ1v) is 9.41. The second-order valence-electron chi connectivity index (χ2n) is 7.79. The molecule has 1 saturated carbocycles. The zero-order valence-electron chi connectivity index (χ0n) is 15.9. The van der Waals surface area contributed by atoms with Crippen molar-refractivity contribution in [1.82, 2.24) is 0 Å². The maximum atomic E-state index is 4.07. The molecule has 128 valence electrons. The molecule has 2 rings (SSSR count). The molecule has 1 aromatic carbocycles. The fraction of sp³-hybridized carbons (Fsp3) is 0.636. The molecule has 0 heterocycles. The zero-order chi connectivity index (χ0) is 17.0. The van der Waals surface area contributed by atoms with Gasteiger partial charge in [-0.1, -0.05) is 63.8 Å². The fourth-order valence-electron chi connectivity index (χ4n) is 4.47. The topological polar surface area (TPSA) is 3.24 Å². The number of aryl methyl sites for hydroxylation is 3. The van der Waals surface area contributed by atoms with E-state index in [2.05, 4.69) is 58.2 Å². The van der Waals surface area contributed by atoms with E-state index in [1.54, 1.807) is 0 Å². The van der Waals surface area contributed by atoms with E-state index in [0.29, 0.717) is 0 Å². The van der Waals surface area contributed by atoms with Crippen molar-refractivity contribution >= 4 is 5.69 Å². The molecule has 1 aromatic rings. The van der Waals surface area contributed by atoms with Crippen LogP contribution >= 0.6 is 0 Å². The minimum atomic E-state index is 0.784. The average molecular weight is 314 g/mol. The van der Waals surface area contributed by atoms with E-state index in [4.69, 9.17) is 0 Å². The first kappa shape index (κ1) is 18.1. The number of rotatable bonds is 7. The van der Waals surface area contributed by atoms with Crippen molar-refractivity contribution in [2.45, 2.75) is 66.7 Å². The van der Waals surface area contributed by atoms with Crippen LogP contribution in [0, 0.1) is 38.5 Å². The van der Waals surface area contributed by atoms with Gasteiger partial charge in [-0.05, 0) is 62.3 Å². The van der Waals surface area contributed by atoms with Gasteiger partial charge in [0.25, 0.3) is 0 Å². The van der Waals surface area contributed by atoms with Crippen LogP contribution in [0.1, 0.15) is 62.6 Å². The summed E-state index contributed by atoms with van der Waals surface area (Å²) in [6.07, 6.45) is 9.05. The molecule has 0 amide bonds. The van der Waals surface area contributed by atoms with Crippen molar-refractivity contribution in [3.63, 3.8) is 0 Å². The Balaban J connectivity index is 2.01. The van der Waals surface area contributed by atoms with Crippen LogP contribution < -0.4 is 4.90 Å². The van der Waals surface area contributed by atoms with Crippen molar-refractivity contribution < 1.29 is 0 Å². The van der Waals surface area contributed by atoms with Crippen molar-refractivity contribution in [3.05, 3.63) is 41.6 Å². The summed E-state index contributed by atoms with van der Waals surface area (Å²) in [5, 5.41) is 0. The molecule has 2 atom stereocenters. The van der Waals surface area contributed by atoms with E-state index < -0.39 is 0 Å². The monoisotopic (exact) mass is 313 g/mol. The molecule has 0 aromatic heterocycles. The summed E-state index contributed by atoms with van der Waals surface area (Å²) >= 11 is 0. The number of nitrogens with zero attached hydrogens (tertiary/aromatic N) is 1. The highest BCUT2D eigenvalue weighted by Crippen LogP contribution is 2.36. The molecule has 0 N–H and O–H groups in total. The molecule has 1 fully saturated rings. The molecule has 23 heavy (non-hydrogen) atoms. The van der Waals surface area contributed by atoms with Gasteiger partial charge in [-0.15, -0.1) is 0 Å². The van der Waals surface area contributed by atoms with Crippen LogP contribution in [-0.4, -0.2) is 6.54 Å². The van der Waals surface area contributed by atoms with Gasteiger partial charge < -0.3 is 4.90 Å². The molecule has 0 aliphatic heterocycles. The molecule has 1 aliphatic rings. The Kier molecular flexibility index (Phi) is 6.33. The number of hydrogen-bond donors (Lipinski definition) is 0. The first-order valence-electron chi connectivity index (χ1n) is 9.41. The summed E-state index contributed by atoms with van der Waals surface area (Å²) in [6.45, 7) is 16.7. The van der Waals surface area contributed by atoms with Gasteiger partial charge >= 0.3 is 0 Å². The minimum absolute atomic E-state index is 0.784. The maximum absolute atomic E-state index is 4.07. The van der Waals surface area contributed by atoms with Crippen LogP contribution in [0.2, 0.25) is 0 Å². The fourth-order valence-corrected chi connectivity index (χ4v) is 4.47. The Bertz CT molecular complexity index is 502. The maximum Gasteiger partial charge on any atom is 0.0465 e. The van der Waals surface area contributed by atoms with E-state index in [9.17, 15) is 0 Å². The summed E-state index contributed by atoms with van der Waals surface area (Å²) in [5.74, 6) is 2.60. The molecule has 1 aliphatic carbocycles. The van der Waals surface area contributed by atoms with E-state index in [1.165, 1.54) is 54.5 Å². The van der Waals surface area contributed by atoms with E-state index in [1.807, 2.05) is 6.20 Å². The third-order valence-electron chi connectivity index (χ3n) is 6.01. The quantitative estimate of drug-likeness (QED) is 0.562. The Morgan fingerprint density at radius 1 is 1.13 bits per heavy atom. The number of anilines is 1. The smallest absolute Gasteiger partial charge is 0.0465 e. The molecular formula is C22H35N. The summed E-state index contributed by atoms with van der Waals surface area (Å²) < 4.78 is 0. The lowest BCUT2D eigenvalue weighted by molar-refractivity contribution is 0.256. The predicted molar refractivity (Wildman–Crippen MR) is 103 cm³/mol. The summed E-state index contributed by atoms with van der Waals surface area (Å²) in [6, 6.07) is 4.56. The van der Waals surface area contributed by atoms with Crippen LogP contribution in [0.15, 0.2) is 24.9 Å². The molecule has 1 heteroatoms. The van der Waals surface area contributed by atoms with E-state index >= 15 is 0 Å². The van der Waals surface area contributed by atoms with Crippen LogP contribution in [0.5, 0.6) is 0 Å². The highest BCUT2D eigenvalue weighted by atomic mass is 15.1. The normalized spacial score (nSPS) is 18.0. The second kappa shape index (κ2) is 8.04. The molecule has 0 radical (unpaired) electrons. The predicted octanol–water partition coefficient (Wildman–Crippen LogP) is 6.41. The van der Waals surface area contributed by atoms with Gasteiger partial charge in [0.15, 0.2) is 0 Å². The van der Waals surface area contributed by atoms with Crippen molar-refractivity contribution in [2.24, 2.45) is 17.8 Å². The highest BCUT2D eigenvalue weighted by Gasteiger charge is 2.25. The lowest BCUT2D eigenvalue weighted by Crippen LogP contribution is -2.24. The van der Waals surface area contributed by atoms with Crippen LogP contribution in [0.4, 0.5) is 5.69 Å². The van der Waals surface area contributed by atoms with E-state index in [-0.39, 0.29) is 0 Å². The Hall–Kier alpha value is -1.24. The van der Waals surface area contributed by atoms with Gasteiger partial charge in [0, 0.05) is 12.2 Å². The molecule has 2 unspecified atom stereocenters. The summed E-state index contributed by atoms with van der Waals surface area (Å²) in [4.78, 5) is 2.36.